The molecule has 0 aliphatic carbocycles. The number of hydrogen-bond acceptors (Lipinski definition) is 6. The van der Waals surface area contributed by atoms with Crippen LogP contribution in [0.3, 0.4) is 0 Å². The second kappa shape index (κ2) is 9.76. The highest BCUT2D eigenvalue weighted by molar-refractivity contribution is 7.89. The summed E-state index contributed by atoms with van der Waals surface area (Å²) in [5, 5.41) is 0.0995. The summed E-state index contributed by atoms with van der Waals surface area (Å²) in [6, 6.07) is 12.2. The van der Waals surface area contributed by atoms with Gasteiger partial charge >= 0.3 is 5.69 Å². The molecule has 0 bridgehead atoms. The van der Waals surface area contributed by atoms with E-state index < -0.39 is 27.3 Å². The molecule has 1 aliphatic rings. The van der Waals surface area contributed by atoms with E-state index in [9.17, 15) is 22.8 Å². The molecule has 11 heteroatoms. The Morgan fingerprint density at radius 2 is 1.60 bits per heavy atom. The van der Waals surface area contributed by atoms with Crippen molar-refractivity contribution >= 4 is 26.8 Å². The molecule has 35 heavy (non-hydrogen) atoms. The lowest BCUT2D eigenvalue weighted by molar-refractivity contribution is -0.134. The summed E-state index contributed by atoms with van der Waals surface area (Å²) in [5.74, 6) is -0.287. The number of sulfonamides is 1. The number of nitrogens with zero attached hydrogens (tertiary/aromatic N) is 4. The van der Waals surface area contributed by atoms with Crippen molar-refractivity contribution in [3.05, 3.63) is 74.9 Å². The van der Waals surface area contributed by atoms with Crippen LogP contribution in [0.25, 0.3) is 10.9 Å². The average Bonchev–Trinajstić information content (AvgIpc) is 2.86. The van der Waals surface area contributed by atoms with Crippen molar-refractivity contribution in [2.24, 2.45) is 14.1 Å². The monoisotopic (exact) mass is 499 g/mol. The molecule has 2 aromatic carbocycles. The number of amides is 1. The first-order valence-corrected chi connectivity index (χ1v) is 12.8. The topological polar surface area (TPSA) is 114 Å². The third kappa shape index (κ3) is 5.07. The molecule has 2 heterocycles. The van der Waals surface area contributed by atoms with Crippen molar-refractivity contribution < 1.29 is 13.2 Å². The van der Waals surface area contributed by atoms with Crippen molar-refractivity contribution in [3.63, 3.8) is 0 Å². The van der Waals surface area contributed by atoms with Crippen LogP contribution in [0, 0.1) is 0 Å². The van der Waals surface area contributed by atoms with Gasteiger partial charge in [-0.25, -0.2) is 13.2 Å². The van der Waals surface area contributed by atoms with E-state index in [4.69, 9.17) is 0 Å². The molecule has 1 amide bonds. The van der Waals surface area contributed by atoms with Gasteiger partial charge in [0, 0.05) is 40.3 Å². The molecular weight excluding hydrogens is 470 g/mol. The Bertz CT molecular complexity index is 1470. The van der Waals surface area contributed by atoms with E-state index in [1.165, 1.54) is 36.9 Å². The molecule has 3 aromatic rings. The van der Waals surface area contributed by atoms with Crippen LogP contribution >= 0.6 is 0 Å². The Balaban J connectivity index is 1.69. The third-order valence-corrected chi connectivity index (χ3v) is 7.91. The predicted octanol–water partition coefficient (Wildman–Crippen LogP) is -0.0992. The average molecular weight is 500 g/mol. The van der Waals surface area contributed by atoms with Gasteiger partial charge in [-0.15, -0.1) is 0 Å². The van der Waals surface area contributed by atoms with Gasteiger partial charge in [0.1, 0.15) is 6.04 Å². The molecule has 186 valence electrons. The van der Waals surface area contributed by atoms with Crippen LogP contribution in [0.2, 0.25) is 0 Å². The van der Waals surface area contributed by atoms with Gasteiger partial charge in [-0.05, 0) is 37.2 Å². The molecule has 1 aliphatic heterocycles. The minimum Gasteiger partial charge on any atom is -0.339 e. The zero-order valence-corrected chi connectivity index (χ0v) is 20.8. The number of carbonyl (C=O) groups is 1. The minimum absolute atomic E-state index is 0.0995. The van der Waals surface area contributed by atoms with Gasteiger partial charge < -0.3 is 9.80 Å². The Labute approximate surface area is 203 Å². The molecule has 1 unspecified atom stereocenters. The summed E-state index contributed by atoms with van der Waals surface area (Å²) < 4.78 is 31.6. The molecule has 0 spiro atoms. The van der Waals surface area contributed by atoms with E-state index >= 15 is 0 Å². The summed E-state index contributed by atoms with van der Waals surface area (Å²) >= 11 is 0. The fraction of sp³-hybridized carbons (Fsp3) is 0.375. The van der Waals surface area contributed by atoms with Gasteiger partial charge in [0.05, 0.1) is 15.8 Å². The molecule has 0 radical (unpaired) electrons. The van der Waals surface area contributed by atoms with Gasteiger partial charge in [0.2, 0.25) is 15.9 Å². The normalized spacial score (nSPS) is 15.9. The Morgan fingerprint density at radius 1 is 0.943 bits per heavy atom. The zero-order valence-electron chi connectivity index (χ0n) is 20.0. The number of carbonyl (C=O) groups excluding carboxylic acids is 1. The lowest BCUT2D eigenvalue weighted by Gasteiger charge is -2.34. The minimum atomic E-state index is -4.16. The Morgan fingerprint density at radius 3 is 2.26 bits per heavy atom. The summed E-state index contributed by atoms with van der Waals surface area (Å²) in [6.07, 6.45) is 0.190. The highest BCUT2D eigenvalue weighted by atomic mass is 32.2. The van der Waals surface area contributed by atoms with Crippen LogP contribution in [-0.4, -0.2) is 72.5 Å². The fourth-order valence-corrected chi connectivity index (χ4v) is 5.49. The van der Waals surface area contributed by atoms with Crippen molar-refractivity contribution in [1.82, 2.24) is 23.7 Å². The van der Waals surface area contributed by atoms with E-state index in [-0.39, 0.29) is 22.6 Å². The molecule has 1 saturated heterocycles. The number of hydrogen-bond donors (Lipinski definition) is 1. The molecule has 1 aromatic heterocycles. The maximum absolute atomic E-state index is 13.4. The maximum atomic E-state index is 13.4. The Hall–Kier alpha value is -3.28. The van der Waals surface area contributed by atoms with Crippen LogP contribution < -0.4 is 16.0 Å². The van der Waals surface area contributed by atoms with Crippen molar-refractivity contribution in [1.29, 1.82) is 0 Å². The van der Waals surface area contributed by atoms with Gasteiger partial charge in [0.25, 0.3) is 5.56 Å². The van der Waals surface area contributed by atoms with Crippen LogP contribution in [0.4, 0.5) is 0 Å². The summed E-state index contributed by atoms with van der Waals surface area (Å²) in [7, 11) is 0.673. The van der Waals surface area contributed by atoms with E-state index in [1.54, 1.807) is 4.90 Å². The quantitative estimate of drug-likeness (QED) is 0.507. The molecule has 4 rings (SSSR count). The summed E-state index contributed by atoms with van der Waals surface area (Å²) in [5.41, 5.74) is 0.0582. The molecule has 0 saturated carbocycles. The van der Waals surface area contributed by atoms with Crippen LogP contribution in [-0.2, 0) is 35.3 Å². The first-order chi connectivity index (χ1) is 16.6. The number of fused-ring (bicyclic) bond motifs is 1. The summed E-state index contributed by atoms with van der Waals surface area (Å²) in [6.45, 7) is 2.46. The van der Waals surface area contributed by atoms with Crippen LogP contribution in [0.15, 0.2) is 63.0 Å². The van der Waals surface area contributed by atoms with E-state index in [1.807, 2.05) is 37.4 Å². The first-order valence-electron chi connectivity index (χ1n) is 11.3. The van der Waals surface area contributed by atoms with E-state index in [0.717, 1.165) is 10.1 Å². The number of likely N-dealkylation sites (N-methyl/N-ethyl adjacent to an activating group) is 1. The van der Waals surface area contributed by atoms with Crippen molar-refractivity contribution in [3.8, 4) is 0 Å². The predicted molar refractivity (Wildman–Crippen MR) is 133 cm³/mol. The number of piperazine rings is 1. The van der Waals surface area contributed by atoms with E-state index in [2.05, 4.69) is 9.62 Å². The largest absolute Gasteiger partial charge is 0.339 e. The third-order valence-electron chi connectivity index (χ3n) is 6.44. The molecule has 1 fully saturated rings. The number of nitrogens with one attached hydrogen (secondary N) is 1. The number of rotatable bonds is 6. The van der Waals surface area contributed by atoms with Crippen LogP contribution in [0.1, 0.15) is 5.56 Å². The maximum Gasteiger partial charge on any atom is 0.330 e. The Kier molecular flexibility index (Phi) is 6.93. The molecule has 1 N–H and O–H groups in total. The lowest BCUT2D eigenvalue weighted by atomic mass is 10.1. The van der Waals surface area contributed by atoms with Crippen LogP contribution in [0.5, 0.6) is 0 Å². The zero-order chi connectivity index (χ0) is 25.3. The summed E-state index contributed by atoms with van der Waals surface area (Å²) in [4.78, 5) is 41.9. The highest BCUT2D eigenvalue weighted by Crippen LogP contribution is 2.17. The molecule has 10 nitrogen and oxygen atoms in total. The number of benzene rings is 2. The number of aryl methyl sites for hydroxylation is 1. The number of aromatic nitrogens is 2. The first kappa shape index (κ1) is 24.8. The smallest absolute Gasteiger partial charge is 0.330 e. The fourth-order valence-electron chi connectivity index (χ4n) is 4.27. The highest BCUT2D eigenvalue weighted by Gasteiger charge is 2.31. The van der Waals surface area contributed by atoms with Crippen molar-refractivity contribution in [2.45, 2.75) is 17.4 Å². The second-order valence-electron chi connectivity index (χ2n) is 8.88. The van der Waals surface area contributed by atoms with E-state index in [0.29, 0.717) is 31.7 Å². The van der Waals surface area contributed by atoms with Gasteiger partial charge in [-0.3, -0.25) is 18.7 Å². The lowest BCUT2D eigenvalue weighted by Crippen LogP contribution is -2.54. The van der Waals surface area contributed by atoms with Gasteiger partial charge in [-0.1, -0.05) is 30.3 Å². The standard InChI is InChI=1S/C24H29N5O5S/c1-26-11-13-29(14-12-26)23(31)20(15-17-7-5-4-6-8-17)25-35(33,34)18-9-10-21-19(16-18)22(30)28(3)24(32)27(21)2/h4-10,16,20,25H,11-15H2,1-3H3. The molecule has 1 atom stereocenters. The van der Waals surface area contributed by atoms with Gasteiger partial charge in [0.15, 0.2) is 0 Å². The second-order valence-corrected chi connectivity index (χ2v) is 10.6. The molecular formula is C24H29N5O5S. The van der Waals surface area contributed by atoms with Crippen molar-refractivity contribution in [2.75, 3.05) is 33.2 Å². The SMILES string of the molecule is CN1CCN(C(=O)C(Cc2ccccc2)NS(=O)(=O)c2ccc3c(c2)c(=O)n(C)c(=O)n3C)CC1. The van der Waals surface area contributed by atoms with Gasteiger partial charge in [-0.2, -0.15) is 4.72 Å².